The summed E-state index contributed by atoms with van der Waals surface area (Å²) >= 11 is 5.78. The molecule has 0 saturated carbocycles. The Bertz CT molecular complexity index is 505. The van der Waals surface area contributed by atoms with E-state index in [0.29, 0.717) is 5.02 Å². The van der Waals surface area contributed by atoms with E-state index in [-0.39, 0.29) is 5.69 Å². The maximum Gasteiger partial charge on any atom is 0.352 e. The second kappa shape index (κ2) is 3.90. The number of hydrogen-bond donors (Lipinski definition) is 1. The molecule has 3 nitrogen and oxygen atoms in total. The largest absolute Gasteiger partial charge is 0.384 e. The number of alkyl halides is 2. The van der Waals surface area contributed by atoms with E-state index in [1.54, 1.807) is 12.1 Å². The van der Waals surface area contributed by atoms with Crippen molar-refractivity contribution in [1.82, 2.24) is 0 Å². The van der Waals surface area contributed by atoms with Crippen LogP contribution in [0.5, 0.6) is 0 Å². The van der Waals surface area contributed by atoms with Gasteiger partial charge in [0.25, 0.3) is 0 Å². The van der Waals surface area contributed by atoms with Gasteiger partial charge in [0, 0.05) is 10.7 Å². The molecule has 1 atom stereocenters. The van der Waals surface area contributed by atoms with Gasteiger partial charge in [0.05, 0.1) is 5.54 Å². The molecular weight excluding hydrogens is 264 g/mol. The van der Waals surface area contributed by atoms with E-state index in [4.69, 9.17) is 11.6 Å². The molecule has 2 rings (SSSR count). The standard InChI is InChI=1S/C12H12ClF2NO2/c1-11(2)9(17)12(14,15)10(18)16(11)8-5-3-4-7(13)6-8/h3-6,9,17H,1-2H3/t9-/m0/s1. The molecule has 1 N–H and O–H groups in total. The molecule has 1 heterocycles. The first-order valence-corrected chi connectivity index (χ1v) is 5.73. The Morgan fingerprint density at radius 3 is 2.44 bits per heavy atom. The van der Waals surface area contributed by atoms with Crippen LogP contribution in [-0.2, 0) is 4.79 Å². The second-order valence-electron chi connectivity index (χ2n) is 4.80. The summed E-state index contributed by atoms with van der Waals surface area (Å²) in [4.78, 5) is 12.6. The van der Waals surface area contributed by atoms with E-state index < -0.39 is 23.5 Å². The Labute approximate surface area is 108 Å². The number of halogens is 3. The number of hydrogen-bond acceptors (Lipinski definition) is 2. The summed E-state index contributed by atoms with van der Waals surface area (Å²) in [5, 5.41) is 9.94. The highest BCUT2D eigenvalue weighted by molar-refractivity contribution is 6.31. The molecular formula is C12H12ClF2NO2. The summed E-state index contributed by atoms with van der Waals surface area (Å²) in [5.74, 6) is -5.20. The molecule has 6 heteroatoms. The number of aliphatic hydroxyl groups excluding tert-OH is 1. The van der Waals surface area contributed by atoms with Crippen LogP contribution in [0.25, 0.3) is 0 Å². The van der Waals surface area contributed by atoms with Crippen LogP contribution < -0.4 is 4.90 Å². The highest BCUT2D eigenvalue weighted by Gasteiger charge is 2.65. The Hall–Kier alpha value is -1.20. The lowest BCUT2D eigenvalue weighted by molar-refractivity contribution is -0.150. The molecule has 1 aromatic rings. The fourth-order valence-corrected chi connectivity index (χ4v) is 2.34. The van der Waals surface area contributed by atoms with Crippen molar-refractivity contribution in [2.75, 3.05) is 4.90 Å². The molecule has 0 spiro atoms. The average Bonchev–Trinajstić information content (AvgIpc) is 2.38. The summed E-state index contributed by atoms with van der Waals surface area (Å²) in [7, 11) is 0. The van der Waals surface area contributed by atoms with E-state index in [9.17, 15) is 18.7 Å². The third-order valence-corrected chi connectivity index (χ3v) is 3.38. The van der Waals surface area contributed by atoms with Crippen molar-refractivity contribution < 1.29 is 18.7 Å². The zero-order chi connectivity index (χ0) is 13.7. The van der Waals surface area contributed by atoms with Crippen molar-refractivity contribution in [2.45, 2.75) is 31.4 Å². The van der Waals surface area contributed by atoms with Gasteiger partial charge in [-0.3, -0.25) is 9.69 Å². The van der Waals surface area contributed by atoms with Crippen molar-refractivity contribution in [3.05, 3.63) is 29.3 Å². The number of carbonyl (C=O) groups excluding carboxylic acids is 1. The number of rotatable bonds is 1. The highest BCUT2D eigenvalue weighted by Crippen LogP contribution is 2.43. The van der Waals surface area contributed by atoms with Gasteiger partial charge in [-0.25, -0.2) is 0 Å². The normalized spacial score (nSPS) is 25.6. The number of nitrogens with zero attached hydrogens (tertiary/aromatic N) is 1. The minimum Gasteiger partial charge on any atom is -0.384 e. The summed E-state index contributed by atoms with van der Waals surface area (Å²) < 4.78 is 27.2. The first-order valence-electron chi connectivity index (χ1n) is 5.35. The minimum absolute atomic E-state index is 0.244. The second-order valence-corrected chi connectivity index (χ2v) is 5.24. The maximum atomic E-state index is 13.6. The Kier molecular flexibility index (Phi) is 2.87. The molecule has 0 aliphatic carbocycles. The zero-order valence-electron chi connectivity index (χ0n) is 9.82. The van der Waals surface area contributed by atoms with Gasteiger partial charge in [0.1, 0.15) is 6.10 Å². The molecule has 0 unspecified atom stereocenters. The van der Waals surface area contributed by atoms with Gasteiger partial charge in [0.15, 0.2) is 0 Å². The minimum atomic E-state index is -3.79. The lowest BCUT2D eigenvalue weighted by atomic mass is 9.96. The van der Waals surface area contributed by atoms with Crippen LogP contribution in [0.1, 0.15) is 13.8 Å². The maximum absolute atomic E-state index is 13.6. The molecule has 1 aliphatic rings. The lowest BCUT2D eigenvalue weighted by Gasteiger charge is -2.32. The molecule has 1 saturated heterocycles. The van der Waals surface area contributed by atoms with Crippen molar-refractivity contribution in [3.63, 3.8) is 0 Å². The van der Waals surface area contributed by atoms with Crippen LogP contribution in [-0.4, -0.2) is 28.6 Å². The van der Waals surface area contributed by atoms with Crippen molar-refractivity contribution in [3.8, 4) is 0 Å². The highest BCUT2D eigenvalue weighted by atomic mass is 35.5. The van der Waals surface area contributed by atoms with Crippen molar-refractivity contribution in [1.29, 1.82) is 0 Å². The summed E-state index contributed by atoms with van der Waals surface area (Å²) in [6, 6.07) is 6.05. The van der Waals surface area contributed by atoms with Gasteiger partial charge in [-0.2, -0.15) is 8.78 Å². The van der Waals surface area contributed by atoms with Gasteiger partial charge in [-0.05, 0) is 32.0 Å². The molecule has 1 fully saturated rings. The van der Waals surface area contributed by atoms with Crippen LogP contribution in [0, 0.1) is 0 Å². The third kappa shape index (κ3) is 1.69. The predicted molar refractivity (Wildman–Crippen MR) is 64.0 cm³/mol. The van der Waals surface area contributed by atoms with E-state index in [1.807, 2.05) is 0 Å². The Morgan fingerprint density at radius 2 is 2.00 bits per heavy atom. The van der Waals surface area contributed by atoms with Crippen LogP contribution in [0.2, 0.25) is 5.02 Å². The molecule has 1 aliphatic heterocycles. The quantitative estimate of drug-likeness (QED) is 0.855. The molecule has 0 radical (unpaired) electrons. The average molecular weight is 276 g/mol. The summed E-state index contributed by atoms with van der Waals surface area (Å²) in [6.45, 7) is 2.77. The van der Waals surface area contributed by atoms with Gasteiger partial charge in [-0.15, -0.1) is 0 Å². The Morgan fingerprint density at radius 1 is 1.39 bits per heavy atom. The number of anilines is 1. The molecule has 98 valence electrons. The number of benzene rings is 1. The first kappa shape index (κ1) is 13.2. The van der Waals surface area contributed by atoms with Gasteiger partial charge in [0.2, 0.25) is 0 Å². The SMILES string of the molecule is CC1(C)[C@H](O)C(F)(F)C(=O)N1c1cccc(Cl)c1. The molecule has 0 aromatic heterocycles. The smallest absolute Gasteiger partial charge is 0.352 e. The van der Waals surface area contributed by atoms with Gasteiger partial charge in [-0.1, -0.05) is 17.7 Å². The zero-order valence-corrected chi connectivity index (χ0v) is 10.6. The number of aliphatic hydroxyl groups is 1. The third-order valence-electron chi connectivity index (χ3n) is 3.14. The topological polar surface area (TPSA) is 40.5 Å². The predicted octanol–water partition coefficient (Wildman–Crippen LogP) is 2.46. The summed E-state index contributed by atoms with van der Waals surface area (Å²) in [6.07, 6.45) is -2.06. The molecule has 18 heavy (non-hydrogen) atoms. The van der Waals surface area contributed by atoms with Crippen molar-refractivity contribution in [2.24, 2.45) is 0 Å². The van der Waals surface area contributed by atoms with Crippen LogP contribution in [0.3, 0.4) is 0 Å². The first-order chi connectivity index (χ1) is 8.19. The van der Waals surface area contributed by atoms with E-state index >= 15 is 0 Å². The lowest BCUT2D eigenvalue weighted by Crippen LogP contribution is -2.47. The van der Waals surface area contributed by atoms with Crippen LogP contribution in [0.15, 0.2) is 24.3 Å². The number of amides is 1. The van der Waals surface area contributed by atoms with Gasteiger partial charge < -0.3 is 5.11 Å². The molecule has 0 bridgehead atoms. The van der Waals surface area contributed by atoms with Crippen LogP contribution >= 0.6 is 11.6 Å². The summed E-state index contributed by atoms with van der Waals surface area (Å²) in [5.41, 5.74) is -1.15. The molecule has 1 amide bonds. The number of carbonyl (C=O) groups is 1. The van der Waals surface area contributed by atoms with Gasteiger partial charge >= 0.3 is 11.8 Å². The van der Waals surface area contributed by atoms with E-state index in [0.717, 1.165) is 4.90 Å². The monoisotopic (exact) mass is 275 g/mol. The molecule has 1 aromatic carbocycles. The van der Waals surface area contributed by atoms with E-state index in [2.05, 4.69) is 0 Å². The van der Waals surface area contributed by atoms with E-state index in [1.165, 1.54) is 26.0 Å². The fourth-order valence-electron chi connectivity index (χ4n) is 2.16. The van der Waals surface area contributed by atoms with Crippen molar-refractivity contribution >= 4 is 23.2 Å². The fraction of sp³-hybridized carbons (Fsp3) is 0.417. The van der Waals surface area contributed by atoms with Crippen LogP contribution in [0.4, 0.5) is 14.5 Å². The Balaban J connectivity index is 2.54.